The summed E-state index contributed by atoms with van der Waals surface area (Å²) in [5, 5.41) is 4.84. The smallest absolute Gasteiger partial charge is 0.204 e. The van der Waals surface area contributed by atoms with Crippen LogP contribution in [0.5, 0.6) is 17.2 Å². The van der Waals surface area contributed by atoms with Gasteiger partial charge in [-0.15, -0.1) is 0 Å². The molecular formula is C21H31N3O3. The number of aromatic nitrogens is 1. The molecule has 0 amide bonds. The molecule has 0 spiro atoms. The Morgan fingerprint density at radius 2 is 1.81 bits per heavy atom. The summed E-state index contributed by atoms with van der Waals surface area (Å²) in [5.41, 5.74) is 3.70. The number of methoxy groups -OCH3 is 3. The molecule has 2 aromatic rings. The van der Waals surface area contributed by atoms with Gasteiger partial charge in [0, 0.05) is 23.2 Å². The van der Waals surface area contributed by atoms with Gasteiger partial charge in [0.25, 0.3) is 0 Å². The molecule has 0 unspecified atom stereocenters. The molecule has 1 saturated heterocycles. The third-order valence-corrected chi connectivity index (χ3v) is 6.02. The van der Waals surface area contributed by atoms with E-state index < -0.39 is 0 Å². The Hall–Kier alpha value is -1.92. The van der Waals surface area contributed by atoms with Gasteiger partial charge in [0.15, 0.2) is 11.5 Å². The van der Waals surface area contributed by atoms with Crippen molar-refractivity contribution < 1.29 is 14.2 Å². The van der Waals surface area contributed by atoms with Crippen LogP contribution < -0.4 is 19.5 Å². The van der Waals surface area contributed by atoms with Crippen LogP contribution in [0.15, 0.2) is 6.07 Å². The zero-order chi connectivity index (χ0) is 18.8. The number of likely N-dealkylation sites (tertiary alicyclic amines) is 1. The highest BCUT2D eigenvalue weighted by molar-refractivity contribution is 5.95. The molecule has 1 aromatic heterocycles. The second-order valence-electron chi connectivity index (χ2n) is 7.53. The minimum atomic E-state index is 0.352. The maximum Gasteiger partial charge on any atom is 0.204 e. The number of nitrogens with one attached hydrogen (secondary N) is 2. The van der Waals surface area contributed by atoms with Gasteiger partial charge in [-0.25, -0.2) is 0 Å². The van der Waals surface area contributed by atoms with Gasteiger partial charge in [0.1, 0.15) is 0 Å². The lowest BCUT2D eigenvalue weighted by Crippen LogP contribution is -2.35. The number of aromatic amines is 1. The summed E-state index contributed by atoms with van der Waals surface area (Å²) in [6.45, 7) is 4.63. The number of hydrogen-bond donors (Lipinski definition) is 2. The van der Waals surface area contributed by atoms with E-state index in [4.69, 9.17) is 14.2 Å². The van der Waals surface area contributed by atoms with E-state index in [1.54, 1.807) is 21.3 Å². The molecule has 0 saturated carbocycles. The maximum atomic E-state index is 5.75. The van der Waals surface area contributed by atoms with Crippen molar-refractivity contribution in [1.29, 1.82) is 0 Å². The SMILES string of the molecule is COc1cc2[nH]c3c(c2c(OC)c1OC)CCN[C@@H]3CCN1CCCCC1. The topological polar surface area (TPSA) is 58.8 Å². The van der Waals surface area contributed by atoms with Gasteiger partial charge in [-0.3, -0.25) is 0 Å². The van der Waals surface area contributed by atoms with Crippen molar-refractivity contribution in [2.75, 3.05) is 47.5 Å². The number of nitrogens with zero attached hydrogens (tertiary/aromatic N) is 1. The van der Waals surface area contributed by atoms with Crippen molar-refractivity contribution in [3.63, 3.8) is 0 Å². The van der Waals surface area contributed by atoms with E-state index >= 15 is 0 Å². The van der Waals surface area contributed by atoms with E-state index in [1.807, 2.05) is 6.07 Å². The molecule has 2 aliphatic heterocycles. The molecule has 1 atom stereocenters. The molecule has 6 heteroatoms. The Bertz CT molecular complexity index is 796. The summed E-state index contributed by atoms with van der Waals surface area (Å²) in [7, 11) is 5.02. The lowest BCUT2D eigenvalue weighted by molar-refractivity contribution is 0.215. The Morgan fingerprint density at radius 1 is 1.04 bits per heavy atom. The number of benzene rings is 1. The van der Waals surface area contributed by atoms with E-state index in [0.717, 1.165) is 42.6 Å². The van der Waals surface area contributed by atoms with Crippen LogP contribution in [0.3, 0.4) is 0 Å². The number of rotatable bonds is 6. The molecule has 1 aromatic carbocycles. The molecule has 0 bridgehead atoms. The third-order valence-electron chi connectivity index (χ3n) is 6.02. The van der Waals surface area contributed by atoms with Gasteiger partial charge >= 0.3 is 0 Å². The molecule has 1 fully saturated rings. The van der Waals surface area contributed by atoms with Crippen LogP contribution in [0.4, 0.5) is 0 Å². The molecule has 0 aliphatic carbocycles. The van der Waals surface area contributed by atoms with Gasteiger partial charge in [0.2, 0.25) is 5.75 Å². The summed E-state index contributed by atoms with van der Waals surface area (Å²) in [4.78, 5) is 6.26. The third kappa shape index (κ3) is 3.36. The first kappa shape index (κ1) is 18.4. The Labute approximate surface area is 161 Å². The normalized spacial score (nSPS) is 20.5. The quantitative estimate of drug-likeness (QED) is 0.814. The first-order chi connectivity index (χ1) is 13.3. The van der Waals surface area contributed by atoms with Crippen molar-refractivity contribution in [1.82, 2.24) is 15.2 Å². The predicted octanol–water partition coefficient (Wildman–Crippen LogP) is 3.26. The molecule has 6 nitrogen and oxygen atoms in total. The highest BCUT2D eigenvalue weighted by atomic mass is 16.5. The number of hydrogen-bond acceptors (Lipinski definition) is 5. The zero-order valence-electron chi connectivity index (χ0n) is 16.7. The van der Waals surface area contributed by atoms with Crippen molar-refractivity contribution in [3.05, 3.63) is 17.3 Å². The first-order valence-electron chi connectivity index (χ1n) is 10.1. The molecule has 0 radical (unpaired) electrons. The standard InChI is InChI=1S/C21H31N3O3/c1-25-17-13-16-18(21(27-3)20(17)26-2)14-7-9-22-15(19(14)23-16)8-12-24-10-5-4-6-11-24/h13,15,22-23H,4-12H2,1-3H3/t15-/m1/s1. The monoisotopic (exact) mass is 373 g/mol. The lowest BCUT2D eigenvalue weighted by atomic mass is 9.96. The van der Waals surface area contributed by atoms with Crippen molar-refractivity contribution in [2.24, 2.45) is 0 Å². The van der Waals surface area contributed by atoms with Crippen molar-refractivity contribution >= 4 is 10.9 Å². The first-order valence-corrected chi connectivity index (χ1v) is 10.1. The summed E-state index contributed by atoms with van der Waals surface area (Å²) < 4.78 is 16.9. The van der Waals surface area contributed by atoms with E-state index in [2.05, 4.69) is 15.2 Å². The van der Waals surface area contributed by atoms with Crippen LogP contribution in [-0.4, -0.2) is 57.4 Å². The van der Waals surface area contributed by atoms with Crippen LogP contribution in [0.25, 0.3) is 10.9 Å². The fraction of sp³-hybridized carbons (Fsp3) is 0.619. The summed E-state index contributed by atoms with van der Waals surface area (Å²) in [6, 6.07) is 2.38. The average Bonchev–Trinajstić information content (AvgIpc) is 3.10. The fourth-order valence-corrected chi connectivity index (χ4v) is 4.68. The largest absolute Gasteiger partial charge is 0.493 e. The second-order valence-corrected chi connectivity index (χ2v) is 7.53. The van der Waals surface area contributed by atoms with Gasteiger partial charge in [-0.1, -0.05) is 6.42 Å². The van der Waals surface area contributed by atoms with E-state index in [1.165, 1.54) is 43.6 Å². The summed E-state index contributed by atoms with van der Waals surface area (Å²) in [5.74, 6) is 2.12. The van der Waals surface area contributed by atoms with Crippen LogP contribution in [0, 0.1) is 0 Å². The molecule has 2 N–H and O–H groups in total. The average molecular weight is 373 g/mol. The Kier molecular flexibility index (Phi) is 5.45. The zero-order valence-corrected chi connectivity index (χ0v) is 16.7. The molecular weight excluding hydrogens is 342 g/mol. The lowest BCUT2D eigenvalue weighted by Gasteiger charge is -2.30. The highest BCUT2D eigenvalue weighted by Gasteiger charge is 2.28. The van der Waals surface area contributed by atoms with Crippen LogP contribution in [-0.2, 0) is 6.42 Å². The van der Waals surface area contributed by atoms with E-state index in [0.29, 0.717) is 17.5 Å². The minimum Gasteiger partial charge on any atom is -0.493 e. The van der Waals surface area contributed by atoms with Crippen molar-refractivity contribution in [2.45, 2.75) is 38.1 Å². The molecule has 3 heterocycles. The number of fused-ring (bicyclic) bond motifs is 3. The number of piperidine rings is 1. The fourth-order valence-electron chi connectivity index (χ4n) is 4.68. The predicted molar refractivity (Wildman–Crippen MR) is 107 cm³/mol. The van der Waals surface area contributed by atoms with Crippen LogP contribution in [0.2, 0.25) is 0 Å². The van der Waals surface area contributed by atoms with Gasteiger partial charge in [0.05, 0.1) is 26.8 Å². The highest BCUT2D eigenvalue weighted by Crippen LogP contribution is 2.46. The van der Waals surface area contributed by atoms with Crippen molar-refractivity contribution in [3.8, 4) is 17.2 Å². The van der Waals surface area contributed by atoms with Gasteiger partial charge in [-0.2, -0.15) is 0 Å². The Balaban J connectivity index is 1.68. The van der Waals surface area contributed by atoms with Crippen LogP contribution >= 0.6 is 0 Å². The maximum absolute atomic E-state index is 5.75. The minimum absolute atomic E-state index is 0.352. The van der Waals surface area contributed by atoms with E-state index in [9.17, 15) is 0 Å². The van der Waals surface area contributed by atoms with Crippen LogP contribution in [0.1, 0.15) is 43.0 Å². The molecule has 2 aliphatic rings. The summed E-state index contributed by atoms with van der Waals surface area (Å²) >= 11 is 0. The second kappa shape index (κ2) is 7.98. The molecule has 148 valence electrons. The Morgan fingerprint density at radius 3 is 2.52 bits per heavy atom. The molecule has 27 heavy (non-hydrogen) atoms. The number of ether oxygens (including phenoxy) is 3. The number of H-pyrrole nitrogens is 1. The summed E-state index contributed by atoms with van der Waals surface area (Å²) in [6.07, 6.45) is 6.17. The van der Waals surface area contributed by atoms with Gasteiger partial charge < -0.3 is 29.4 Å². The van der Waals surface area contributed by atoms with Gasteiger partial charge in [-0.05, 0) is 57.4 Å². The molecule has 4 rings (SSSR count). The van der Waals surface area contributed by atoms with E-state index in [-0.39, 0.29) is 0 Å².